The molecule has 4 heteroatoms. The molecular weight excluding hydrogens is 252 g/mol. The third-order valence-corrected chi connectivity index (χ3v) is 3.22. The molecule has 2 N–H and O–H groups in total. The van der Waals surface area contributed by atoms with Crippen LogP contribution < -0.4 is 10.6 Å². The van der Waals surface area contributed by atoms with Gasteiger partial charge in [-0.05, 0) is 32.8 Å². The number of rotatable bonds is 5. The third-order valence-electron chi connectivity index (χ3n) is 3.22. The van der Waals surface area contributed by atoms with Crippen LogP contribution in [0.2, 0.25) is 0 Å². The number of hydrogen-bond acceptors (Lipinski definition) is 3. The maximum atomic E-state index is 11.4. The molecule has 0 radical (unpaired) electrons. The van der Waals surface area contributed by atoms with Crippen LogP contribution in [-0.2, 0) is 4.74 Å². The molecule has 1 aliphatic rings. The SMILES string of the molecule is CC(C)(C)OC(=O)NCCN[C@@H]1C[C@H]1c1ccccc1. The van der Waals surface area contributed by atoms with E-state index in [0.717, 1.165) is 6.54 Å². The van der Waals surface area contributed by atoms with E-state index in [-0.39, 0.29) is 6.09 Å². The highest BCUT2D eigenvalue weighted by atomic mass is 16.6. The molecule has 1 fully saturated rings. The minimum absolute atomic E-state index is 0.352. The molecule has 0 aromatic heterocycles. The molecule has 1 aromatic rings. The average Bonchev–Trinajstić information content (AvgIpc) is 3.13. The number of carbonyl (C=O) groups excluding carboxylic acids is 1. The van der Waals surface area contributed by atoms with Crippen molar-refractivity contribution < 1.29 is 9.53 Å². The normalized spacial score (nSPS) is 21.4. The van der Waals surface area contributed by atoms with Gasteiger partial charge >= 0.3 is 6.09 Å². The maximum absolute atomic E-state index is 11.4. The van der Waals surface area contributed by atoms with Gasteiger partial charge in [-0.15, -0.1) is 0 Å². The Morgan fingerprint density at radius 3 is 2.60 bits per heavy atom. The van der Waals surface area contributed by atoms with Crippen molar-refractivity contribution in [3.8, 4) is 0 Å². The van der Waals surface area contributed by atoms with Crippen LogP contribution in [0.15, 0.2) is 30.3 Å². The molecule has 4 nitrogen and oxygen atoms in total. The summed E-state index contributed by atoms with van der Waals surface area (Å²) in [6.07, 6.45) is 0.825. The summed E-state index contributed by atoms with van der Waals surface area (Å²) in [6.45, 7) is 6.94. The molecule has 1 aliphatic carbocycles. The summed E-state index contributed by atoms with van der Waals surface area (Å²) in [6, 6.07) is 11.1. The smallest absolute Gasteiger partial charge is 0.407 e. The molecule has 0 saturated heterocycles. The number of benzene rings is 1. The number of nitrogens with one attached hydrogen (secondary N) is 2. The minimum atomic E-state index is -0.438. The van der Waals surface area contributed by atoms with E-state index in [1.807, 2.05) is 26.8 Å². The van der Waals surface area contributed by atoms with Crippen LogP contribution in [-0.4, -0.2) is 30.8 Å². The highest BCUT2D eigenvalue weighted by Crippen LogP contribution is 2.40. The highest BCUT2D eigenvalue weighted by Gasteiger charge is 2.37. The standard InChI is InChI=1S/C16H24N2O2/c1-16(2,3)20-15(19)18-10-9-17-14-11-13(14)12-7-5-4-6-8-12/h4-8,13-14,17H,9-11H2,1-3H3,(H,18,19)/t13-,14+/m0/s1. The Kier molecular flexibility index (Phi) is 4.65. The van der Waals surface area contributed by atoms with Gasteiger partial charge in [0.1, 0.15) is 5.60 Å². The molecule has 2 atom stereocenters. The van der Waals surface area contributed by atoms with Crippen molar-refractivity contribution in [3.63, 3.8) is 0 Å². The molecule has 0 aliphatic heterocycles. The lowest BCUT2D eigenvalue weighted by molar-refractivity contribution is 0.0528. The van der Waals surface area contributed by atoms with E-state index < -0.39 is 5.60 Å². The molecule has 0 heterocycles. The highest BCUT2D eigenvalue weighted by molar-refractivity contribution is 5.67. The molecule has 0 bridgehead atoms. The summed E-state index contributed by atoms with van der Waals surface area (Å²) in [5.74, 6) is 0.623. The number of amides is 1. The average molecular weight is 276 g/mol. The van der Waals surface area contributed by atoms with Gasteiger partial charge in [-0.1, -0.05) is 30.3 Å². The molecule has 1 aromatic carbocycles. The van der Waals surface area contributed by atoms with Crippen molar-refractivity contribution in [3.05, 3.63) is 35.9 Å². The summed E-state index contributed by atoms with van der Waals surface area (Å²) >= 11 is 0. The van der Waals surface area contributed by atoms with Gasteiger partial charge in [0.15, 0.2) is 0 Å². The minimum Gasteiger partial charge on any atom is -0.444 e. The van der Waals surface area contributed by atoms with Crippen LogP contribution in [0.4, 0.5) is 4.79 Å². The van der Waals surface area contributed by atoms with Gasteiger partial charge in [0.25, 0.3) is 0 Å². The summed E-state index contributed by atoms with van der Waals surface area (Å²) in [5, 5.41) is 6.21. The van der Waals surface area contributed by atoms with E-state index in [2.05, 4.69) is 34.9 Å². The van der Waals surface area contributed by atoms with E-state index in [9.17, 15) is 4.79 Å². The van der Waals surface area contributed by atoms with Crippen molar-refractivity contribution in [1.29, 1.82) is 0 Å². The monoisotopic (exact) mass is 276 g/mol. The van der Waals surface area contributed by atoms with Crippen molar-refractivity contribution in [2.24, 2.45) is 0 Å². The Hall–Kier alpha value is -1.55. The third kappa shape index (κ3) is 4.85. The summed E-state index contributed by atoms with van der Waals surface area (Å²) in [7, 11) is 0. The molecule has 110 valence electrons. The van der Waals surface area contributed by atoms with Crippen molar-refractivity contribution in [2.45, 2.75) is 44.8 Å². The zero-order chi connectivity index (χ0) is 14.6. The number of carbonyl (C=O) groups is 1. The fourth-order valence-electron chi connectivity index (χ4n) is 2.23. The zero-order valence-electron chi connectivity index (χ0n) is 12.5. The van der Waals surface area contributed by atoms with Crippen LogP contribution in [0.3, 0.4) is 0 Å². The van der Waals surface area contributed by atoms with Gasteiger partial charge in [0.05, 0.1) is 0 Å². The quantitative estimate of drug-likeness (QED) is 0.813. The number of ether oxygens (including phenoxy) is 1. The first-order valence-electron chi connectivity index (χ1n) is 7.21. The zero-order valence-corrected chi connectivity index (χ0v) is 12.5. The van der Waals surface area contributed by atoms with Gasteiger partial charge in [0.2, 0.25) is 0 Å². The van der Waals surface area contributed by atoms with Gasteiger partial charge in [-0.25, -0.2) is 4.79 Å². The lowest BCUT2D eigenvalue weighted by Crippen LogP contribution is -2.37. The van der Waals surface area contributed by atoms with Gasteiger partial charge < -0.3 is 15.4 Å². The Balaban J connectivity index is 1.58. The summed E-state index contributed by atoms with van der Waals surface area (Å²) in [4.78, 5) is 11.4. The van der Waals surface area contributed by atoms with Crippen molar-refractivity contribution in [1.82, 2.24) is 10.6 Å². The van der Waals surface area contributed by atoms with E-state index in [1.165, 1.54) is 12.0 Å². The lowest BCUT2D eigenvalue weighted by atomic mass is 10.1. The van der Waals surface area contributed by atoms with E-state index >= 15 is 0 Å². The second-order valence-electron chi connectivity index (χ2n) is 6.24. The number of alkyl carbamates (subject to hydrolysis) is 1. The Morgan fingerprint density at radius 2 is 1.95 bits per heavy atom. The molecule has 1 saturated carbocycles. The number of hydrogen-bond donors (Lipinski definition) is 2. The Morgan fingerprint density at radius 1 is 1.25 bits per heavy atom. The molecule has 0 spiro atoms. The van der Waals surface area contributed by atoms with Gasteiger partial charge in [0, 0.05) is 25.0 Å². The first-order valence-corrected chi connectivity index (χ1v) is 7.21. The molecule has 20 heavy (non-hydrogen) atoms. The molecule has 1 amide bonds. The Labute approximate surface area is 120 Å². The van der Waals surface area contributed by atoms with Crippen molar-refractivity contribution in [2.75, 3.05) is 13.1 Å². The predicted molar refractivity (Wildman–Crippen MR) is 79.8 cm³/mol. The van der Waals surface area contributed by atoms with E-state index in [1.54, 1.807) is 0 Å². The lowest BCUT2D eigenvalue weighted by Gasteiger charge is -2.19. The second-order valence-corrected chi connectivity index (χ2v) is 6.24. The second kappa shape index (κ2) is 6.27. The van der Waals surface area contributed by atoms with Crippen LogP contribution in [0.5, 0.6) is 0 Å². The van der Waals surface area contributed by atoms with E-state index in [4.69, 9.17) is 4.74 Å². The van der Waals surface area contributed by atoms with Gasteiger partial charge in [-0.2, -0.15) is 0 Å². The maximum Gasteiger partial charge on any atom is 0.407 e. The molecule has 0 unspecified atom stereocenters. The fraction of sp³-hybridized carbons (Fsp3) is 0.562. The summed E-state index contributed by atoms with van der Waals surface area (Å²) in [5.41, 5.74) is 0.956. The first-order chi connectivity index (χ1) is 9.46. The topological polar surface area (TPSA) is 50.4 Å². The van der Waals surface area contributed by atoms with Crippen LogP contribution in [0.25, 0.3) is 0 Å². The first kappa shape index (κ1) is 14.9. The largest absolute Gasteiger partial charge is 0.444 e. The molecule has 2 rings (SSSR count). The fourth-order valence-corrected chi connectivity index (χ4v) is 2.23. The summed E-state index contributed by atoms with van der Waals surface area (Å²) < 4.78 is 5.17. The Bertz CT molecular complexity index is 440. The van der Waals surface area contributed by atoms with Crippen LogP contribution in [0.1, 0.15) is 38.7 Å². The van der Waals surface area contributed by atoms with Crippen LogP contribution in [0, 0.1) is 0 Å². The predicted octanol–water partition coefficient (Wildman–Crippen LogP) is 2.66. The van der Waals surface area contributed by atoms with Crippen molar-refractivity contribution >= 4 is 6.09 Å². The van der Waals surface area contributed by atoms with E-state index in [0.29, 0.717) is 18.5 Å². The van der Waals surface area contributed by atoms with Crippen LogP contribution >= 0.6 is 0 Å². The van der Waals surface area contributed by atoms with Gasteiger partial charge in [-0.3, -0.25) is 0 Å². The molecular formula is C16H24N2O2.